The predicted molar refractivity (Wildman–Crippen MR) is 136 cm³/mol. The van der Waals surface area contributed by atoms with E-state index in [0.717, 1.165) is 0 Å². The molecule has 0 saturated heterocycles. The smallest absolute Gasteiger partial charge is 0.291 e. The van der Waals surface area contributed by atoms with Gasteiger partial charge >= 0.3 is 0 Å². The highest BCUT2D eigenvalue weighted by molar-refractivity contribution is 7.22. The van der Waals surface area contributed by atoms with E-state index < -0.39 is 11.4 Å². The second kappa shape index (κ2) is 9.03. The SMILES string of the molecule is CC(C)(C)NC(=O)c1sc2c(NC(=O)c3ccc(-c4ccc(Cl)c(Cl)c4)o3)cccc2c1Cl. The van der Waals surface area contributed by atoms with Crippen LogP contribution in [0.4, 0.5) is 5.69 Å². The molecular weight excluding hydrogens is 503 g/mol. The fraction of sp³-hybridized carbons (Fsp3) is 0.167. The number of hydrogen-bond donors (Lipinski definition) is 2. The summed E-state index contributed by atoms with van der Waals surface area (Å²) in [5.41, 5.74) is 0.829. The number of halogens is 3. The zero-order chi connectivity index (χ0) is 23.9. The van der Waals surface area contributed by atoms with E-state index in [-0.39, 0.29) is 11.7 Å². The van der Waals surface area contributed by atoms with Crippen molar-refractivity contribution < 1.29 is 14.0 Å². The van der Waals surface area contributed by atoms with Gasteiger partial charge in [-0.15, -0.1) is 11.3 Å². The minimum Gasteiger partial charge on any atom is -0.451 e. The second-order valence-corrected chi connectivity index (χ2v) is 10.6. The van der Waals surface area contributed by atoms with Gasteiger partial charge in [-0.2, -0.15) is 0 Å². The van der Waals surface area contributed by atoms with E-state index in [9.17, 15) is 9.59 Å². The molecule has 0 bridgehead atoms. The molecule has 2 amide bonds. The summed E-state index contributed by atoms with van der Waals surface area (Å²) in [5, 5.41) is 7.64. The number of hydrogen-bond acceptors (Lipinski definition) is 4. The van der Waals surface area contributed by atoms with Crippen LogP contribution in [-0.2, 0) is 0 Å². The van der Waals surface area contributed by atoms with Gasteiger partial charge in [-0.3, -0.25) is 9.59 Å². The average molecular weight is 522 g/mol. The third kappa shape index (κ3) is 5.04. The van der Waals surface area contributed by atoms with Crippen molar-refractivity contribution in [1.29, 1.82) is 0 Å². The van der Waals surface area contributed by atoms with Crippen LogP contribution in [0.15, 0.2) is 52.9 Å². The quantitative estimate of drug-likeness (QED) is 0.287. The number of nitrogens with one attached hydrogen (secondary N) is 2. The summed E-state index contributed by atoms with van der Waals surface area (Å²) in [6.07, 6.45) is 0. The fourth-order valence-electron chi connectivity index (χ4n) is 3.18. The number of fused-ring (bicyclic) bond motifs is 1. The van der Waals surface area contributed by atoms with E-state index in [1.807, 2.05) is 26.8 Å². The van der Waals surface area contributed by atoms with Gasteiger partial charge < -0.3 is 15.1 Å². The Morgan fingerprint density at radius 2 is 1.70 bits per heavy atom. The molecule has 0 spiro atoms. The lowest BCUT2D eigenvalue weighted by Crippen LogP contribution is -2.40. The van der Waals surface area contributed by atoms with Crippen LogP contribution in [0.3, 0.4) is 0 Å². The highest BCUT2D eigenvalue weighted by Gasteiger charge is 2.23. The van der Waals surface area contributed by atoms with E-state index in [1.165, 1.54) is 11.3 Å². The molecular formula is C24H19Cl3N2O3S. The van der Waals surface area contributed by atoms with Gasteiger partial charge in [0, 0.05) is 16.5 Å². The van der Waals surface area contributed by atoms with E-state index >= 15 is 0 Å². The van der Waals surface area contributed by atoms with Gasteiger partial charge in [0.25, 0.3) is 11.8 Å². The van der Waals surface area contributed by atoms with Gasteiger partial charge in [-0.1, -0.05) is 46.9 Å². The molecule has 2 aromatic carbocycles. The van der Waals surface area contributed by atoms with Gasteiger partial charge in [0.2, 0.25) is 0 Å². The van der Waals surface area contributed by atoms with Crippen LogP contribution >= 0.6 is 46.1 Å². The summed E-state index contributed by atoms with van der Waals surface area (Å²) in [7, 11) is 0. The van der Waals surface area contributed by atoms with Crippen molar-refractivity contribution in [3.63, 3.8) is 0 Å². The minimum absolute atomic E-state index is 0.126. The molecule has 0 radical (unpaired) electrons. The molecule has 0 unspecified atom stereocenters. The van der Waals surface area contributed by atoms with Crippen LogP contribution < -0.4 is 10.6 Å². The molecule has 0 atom stereocenters. The maximum Gasteiger partial charge on any atom is 0.291 e. The van der Waals surface area contributed by atoms with Crippen molar-refractivity contribution in [2.24, 2.45) is 0 Å². The molecule has 9 heteroatoms. The molecule has 2 heterocycles. The summed E-state index contributed by atoms with van der Waals surface area (Å²) < 4.78 is 6.43. The van der Waals surface area contributed by atoms with Crippen LogP contribution in [-0.4, -0.2) is 17.4 Å². The van der Waals surface area contributed by atoms with E-state index in [0.29, 0.717) is 47.0 Å². The van der Waals surface area contributed by atoms with E-state index in [4.69, 9.17) is 39.2 Å². The lowest BCUT2D eigenvalue weighted by molar-refractivity contribution is 0.0923. The molecule has 5 nitrogen and oxygen atoms in total. The van der Waals surface area contributed by atoms with Crippen LogP contribution in [0.1, 0.15) is 41.0 Å². The van der Waals surface area contributed by atoms with Gasteiger partial charge in [-0.05, 0) is 57.2 Å². The lowest BCUT2D eigenvalue weighted by Gasteiger charge is -2.19. The number of anilines is 1. The molecule has 0 aliphatic rings. The van der Waals surface area contributed by atoms with E-state index in [1.54, 1.807) is 42.5 Å². The van der Waals surface area contributed by atoms with Crippen LogP contribution in [0.5, 0.6) is 0 Å². The molecule has 0 fully saturated rings. The Morgan fingerprint density at radius 1 is 0.939 bits per heavy atom. The van der Waals surface area contributed by atoms with Crippen molar-refractivity contribution in [2.75, 3.05) is 5.32 Å². The number of rotatable bonds is 4. The van der Waals surface area contributed by atoms with E-state index in [2.05, 4.69) is 10.6 Å². The van der Waals surface area contributed by atoms with Crippen LogP contribution in [0.2, 0.25) is 15.1 Å². The Hall–Kier alpha value is -2.51. The first-order valence-electron chi connectivity index (χ1n) is 9.93. The maximum absolute atomic E-state index is 12.9. The van der Waals surface area contributed by atoms with Crippen molar-refractivity contribution in [1.82, 2.24) is 5.32 Å². The first-order chi connectivity index (χ1) is 15.5. The average Bonchev–Trinajstić information content (AvgIpc) is 3.35. The van der Waals surface area contributed by atoms with Crippen molar-refractivity contribution in [3.8, 4) is 11.3 Å². The third-order valence-electron chi connectivity index (χ3n) is 4.63. The Bertz CT molecular complexity index is 1390. The Balaban J connectivity index is 1.61. The second-order valence-electron chi connectivity index (χ2n) is 8.38. The molecule has 170 valence electrons. The number of carbonyl (C=O) groups excluding carboxylic acids is 2. The molecule has 0 aliphatic heterocycles. The number of amides is 2. The van der Waals surface area contributed by atoms with Crippen LogP contribution in [0.25, 0.3) is 21.4 Å². The van der Waals surface area contributed by atoms with Gasteiger partial charge in [0.15, 0.2) is 5.76 Å². The molecule has 2 aromatic heterocycles. The normalized spacial score (nSPS) is 11.6. The fourth-order valence-corrected chi connectivity index (χ4v) is 4.95. The standard InChI is InChI=1S/C24H19Cl3N2O3S/c1-24(2,3)29-23(31)21-19(27)13-5-4-6-16(20(13)33-21)28-22(30)18-10-9-17(32-18)12-7-8-14(25)15(26)11-12/h4-11H,1-3H3,(H,28,30)(H,29,31). The topological polar surface area (TPSA) is 71.3 Å². The summed E-state index contributed by atoms with van der Waals surface area (Å²) >= 11 is 19.8. The van der Waals surface area contributed by atoms with Gasteiger partial charge in [0.1, 0.15) is 10.6 Å². The number of carbonyl (C=O) groups is 2. The monoisotopic (exact) mass is 520 g/mol. The highest BCUT2D eigenvalue weighted by Crippen LogP contribution is 2.40. The zero-order valence-electron chi connectivity index (χ0n) is 17.9. The maximum atomic E-state index is 12.9. The molecule has 33 heavy (non-hydrogen) atoms. The summed E-state index contributed by atoms with van der Waals surface area (Å²) in [5.74, 6) is -0.0824. The highest BCUT2D eigenvalue weighted by atomic mass is 35.5. The number of benzene rings is 2. The number of thiophene rings is 1. The predicted octanol–water partition coefficient (Wildman–Crippen LogP) is 7.90. The first-order valence-corrected chi connectivity index (χ1v) is 11.9. The Labute approximate surface area is 209 Å². The lowest BCUT2D eigenvalue weighted by atomic mass is 10.1. The molecule has 4 rings (SSSR count). The van der Waals surface area contributed by atoms with Crippen molar-refractivity contribution >= 4 is 73.7 Å². The molecule has 0 aliphatic carbocycles. The minimum atomic E-state index is -0.431. The Kier molecular flexibility index (Phi) is 6.47. The third-order valence-corrected chi connectivity index (χ3v) is 7.11. The van der Waals surface area contributed by atoms with Crippen LogP contribution in [0, 0.1) is 0 Å². The Morgan fingerprint density at radius 3 is 2.39 bits per heavy atom. The summed E-state index contributed by atoms with van der Waals surface area (Å²) in [6, 6.07) is 13.7. The van der Waals surface area contributed by atoms with Crippen molar-refractivity contribution in [3.05, 3.63) is 74.2 Å². The van der Waals surface area contributed by atoms with Gasteiger partial charge in [-0.25, -0.2) is 0 Å². The summed E-state index contributed by atoms with van der Waals surface area (Å²) in [6.45, 7) is 5.69. The largest absolute Gasteiger partial charge is 0.451 e. The molecule has 4 aromatic rings. The zero-order valence-corrected chi connectivity index (χ0v) is 21.0. The van der Waals surface area contributed by atoms with Crippen molar-refractivity contribution in [2.45, 2.75) is 26.3 Å². The first kappa shape index (κ1) is 23.6. The summed E-state index contributed by atoms with van der Waals surface area (Å²) in [4.78, 5) is 26.0. The molecule has 0 saturated carbocycles. The number of furan rings is 1. The van der Waals surface area contributed by atoms with Gasteiger partial charge in [0.05, 0.1) is 25.5 Å². The molecule has 2 N–H and O–H groups in total.